The summed E-state index contributed by atoms with van der Waals surface area (Å²) in [7, 11) is 5.32. The van der Waals surface area contributed by atoms with Crippen LogP contribution in [0.25, 0.3) is 0 Å². The first-order valence-corrected chi connectivity index (χ1v) is 8.19. The molecule has 0 saturated heterocycles. The van der Waals surface area contributed by atoms with Gasteiger partial charge in [0.05, 0.1) is 20.3 Å². The number of benzene rings is 2. The molecular formula is C20H27NO3. The van der Waals surface area contributed by atoms with Crippen LogP contribution in [-0.4, -0.2) is 43.9 Å². The molecular weight excluding hydrogens is 302 g/mol. The van der Waals surface area contributed by atoms with E-state index in [-0.39, 0.29) is 0 Å². The fourth-order valence-electron chi connectivity index (χ4n) is 2.74. The number of hydrogen-bond acceptors (Lipinski definition) is 4. The fourth-order valence-corrected chi connectivity index (χ4v) is 2.74. The van der Waals surface area contributed by atoms with E-state index in [9.17, 15) is 5.11 Å². The van der Waals surface area contributed by atoms with Crippen molar-refractivity contribution in [1.82, 2.24) is 4.90 Å². The first-order valence-electron chi connectivity index (χ1n) is 8.19. The van der Waals surface area contributed by atoms with E-state index in [1.807, 2.05) is 49.5 Å². The predicted octanol–water partition coefficient (Wildman–Crippen LogP) is 3.30. The molecule has 0 heterocycles. The van der Waals surface area contributed by atoms with E-state index >= 15 is 0 Å². The van der Waals surface area contributed by atoms with Crippen LogP contribution >= 0.6 is 0 Å². The van der Waals surface area contributed by atoms with Crippen molar-refractivity contribution in [3.05, 3.63) is 59.7 Å². The Morgan fingerprint density at radius 3 is 2.29 bits per heavy atom. The van der Waals surface area contributed by atoms with Gasteiger partial charge in [0, 0.05) is 12.6 Å². The summed E-state index contributed by atoms with van der Waals surface area (Å²) in [6.45, 7) is 2.76. The summed E-state index contributed by atoms with van der Waals surface area (Å²) in [5, 5.41) is 10.4. The fraction of sp³-hybridized carbons (Fsp3) is 0.400. The van der Waals surface area contributed by atoms with Gasteiger partial charge in [0.2, 0.25) is 0 Å². The number of rotatable bonds is 8. The Bertz CT molecular complexity index is 630. The summed E-state index contributed by atoms with van der Waals surface area (Å²) in [6, 6.07) is 16.1. The third kappa shape index (κ3) is 4.73. The van der Waals surface area contributed by atoms with Gasteiger partial charge < -0.3 is 19.5 Å². The SMILES string of the molecule is COc1ccc(CC(C)N(C)CC(O)c2ccccc2)cc1OC. The molecule has 0 bridgehead atoms. The van der Waals surface area contributed by atoms with E-state index in [4.69, 9.17) is 9.47 Å². The molecule has 0 fully saturated rings. The Hall–Kier alpha value is -2.04. The Labute approximate surface area is 144 Å². The molecule has 0 aliphatic carbocycles. The number of hydrogen-bond donors (Lipinski definition) is 1. The van der Waals surface area contributed by atoms with Gasteiger partial charge in [0.1, 0.15) is 0 Å². The van der Waals surface area contributed by atoms with Crippen LogP contribution in [0.4, 0.5) is 0 Å². The van der Waals surface area contributed by atoms with E-state index in [1.54, 1.807) is 14.2 Å². The third-order valence-electron chi connectivity index (χ3n) is 4.38. The molecule has 1 N–H and O–H groups in total. The maximum absolute atomic E-state index is 10.4. The average Bonchev–Trinajstić information content (AvgIpc) is 2.62. The second-order valence-corrected chi connectivity index (χ2v) is 6.11. The van der Waals surface area contributed by atoms with Gasteiger partial charge in [-0.15, -0.1) is 0 Å². The second kappa shape index (κ2) is 8.71. The number of nitrogens with zero attached hydrogens (tertiary/aromatic N) is 1. The zero-order valence-corrected chi connectivity index (χ0v) is 14.9. The van der Waals surface area contributed by atoms with Crippen LogP contribution in [0.1, 0.15) is 24.2 Å². The molecule has 4 nitrogen and oxygen atoms in total. The van der Waals surface area contributed by atoms with E-state index in [0.717, 1.165) is 23.5 Å². The summed E-state index contributed by atoms with van der Waals surface area (Å²) in [4.78, 5) is 2.17. The summed E-state index contributed by atoms with van der Waals surface area (Å²) in [5.74, 6) is 1.48. The Kier molecular flexibility index (Phi) is 6.64. The molecule has 2 rings (SSSR count). The average molecular weight is 329 g/mol. The van der Waals surface area contributed by atoms with E-state index in [0.29, 0.717) is 12.6 Å². The largest absolute Gasteiger partial charge is 0.493 e. The standard InChI is InChI=1S/C20H27NO3/c1-15(12-16-10-11-19(23-3)20(13-16)24-4)21(2)14-18(22)17-8-6-5-7-9-17/h5-11,13,15,18,22H,12,14H2,1-4H3. The molecule has 0 aromatic heterocycles. The lowest BCUT2D eigenvalue weighted by Gasteiger charge is -2.27. The zero-order valence-electron chi connectivity index (χ0n) is 14.9. The van der Waals surface area contributed by atoms with Crippen molar-refractivity contribution < 1.29 is 14.6 Å². The van der Waals surface area contributed by atoms with Gasteiger partial charge in [-0.05, 0) is 43.7 Å². The Morgan fingerprint density at radius 2 is 1.67 bits per heavy atom. The van der Waals surface area contributed by atoms with Crippen LogP contribution in [0.5, 0.6) is 11.5 Å². The van der Waals surface area contributed by atoms with Gasteiger partial charge >= 0.3 is 0 Å². The molecule has 0 radical (unpaired) electrons. The highest BCUT2D eigenvalue weighted by Crippen LogP contribution is 2.28. The smallest absolute Gasteiger partial charge is 0.160 e. The minimum Gasteiger partial charge on any atom is -0.493 e. The number of ether oxygens (including phenoxy) is 2. The monoisotopic (exact) mass is 329 g/mol. The van der Waals surface area contributed by atoms with Gasteiger partial charge in [-0.3, -0.25) is 0 Å². The number of aliphatic hydroxyl groups is 1. The quantitative estimate of drug-likeness (QED) is 0.807. The van der Waals surface area contributed by atoms with Crippen LogP contribution in [-0.2, 0) is 6.42 Å². The minimum absolute atomic E-state index is 0.293. The second-order valence-electron chi connectivity index (χ2n) is 6.11. The highest BCUT2D eigenvalue weighted by atomic mass is 16.5. The van der Waals surface area contributed by atoms with Crippen LogP contribution in [0, 0.1) is 0 Å². The van der Waals surface area contributed by atoms with Crippen molar-refractivity contribution in [1.29, 1.82) is 0 Å². The highest BCUT2D eigenvalue weighted by molar-refractivity contribution is 5.43. The van der Waals surface area contributed by atoms with E-state index < -0.39 is 6.10 Å². The van der Waals surface area contributed by atoms with E-state index in [2.05, 4.69) is 17.9 Å². The van der Waals surface area contributed by atoms with Crippen molar-refractivity contribution >= 4 is 0 Å². The lowest BCUT2D eigenvalue weighted by atomic mass is 10.0. The van der Waals surface area contributed by atoms with Crippen LogP contribution < -0.4 is 9.47 Å². The summed E-state index contributed by atoms with van der Waals surface area (Å²) in [6.07, 6.45) is 0.391. The van der Waals surface area contributed by atoms with Crippen molar-refractivity contribution in [2.45, 2.75) is 25.5 Å². The molecule has 0 spiro atoms. The summed E-state index contributed by atoms with van der Waals surface area (Å²) in [5.41, 5.74) is 2.13. The molecule has 2 aromatic carbocycles. The first kappa shape index (κ1) is 18.3. The van der Waals surface area contributed by atoms with E-state index in [1.165, 1.54) is 5.56 Å². The van der Waals surface area contributed by atoms with Crippen molar-refractivity contribution in [3.63, 3.8) is 0 Å². The number of likely N-dealkylation sites (N-methyl/N-ethyl adjacent to an activating group) is 1. The Balaban J connectivity index is 1.97. The molecule has 130 valence electrons. The molecule has 2 aromatic rings. The topological polar surface area (TPSA) is 41.9 Å². The van der Waals surface area contributed by atoms with Gasteiger partial charge in [0.15, 0.2) is 11.5 Å². The van der Waals surface area contributed by atoms with Crippen molar-refractivity contribution in [2.24, 2.45) is 0 Å². The predicted molar refractivity (Wildman–Crippen MR) is 96.7 cm³/mol. The third-order valence-corrected chi connectivity index (χ3v) is 4.38. The molecule has 4 heteroatoms. The normalized spacial score (nSPS) is 13.6. The summed E-state index contributed by atoms with van der Waals surface area (Å²) >= 11 is 0. The van der Waals surface area contributed by atoms with Crippen LogP contribution in [0.3, 0.4) is 0 Å². The van der Waals surface area contributed by atoms with Gasteiger partial charge in [0.25, 0.3) is 0 Å². The minimum atomic E-state index is -0.482. The van der Waals surface area contributed by atoms with Crippen LogP contribution in [0.2, 0.25) is 0 Å². The highest BCUT2D eigenvalue weighted by Gasteiger charge is 2.16. The van der Waals surface area contributed by atoms with Gasteiger partial charge in [-0.1, -0.05) is 36.4 Å². The molecule has 2 unspecified atom stereocenters. The zero-order chi connectivity index (χ0) is 17.5. The first-order chi connectivity index (χ1) is 11.5. The molecule has 0 aliphatic rings. The molecule has 24 heavy (non-hydrogen) atoms. The molecule has 2 atom stereocenters. The number of methoxy groups -OCH3 is 2. The maximum atomic E-state index is 10.4. The summed E-state index contributed by atoms with van der Waals surface area (Å²) < 4.78 is 10.6. The Morgan fingerprint density at radius 1 is 1.00 bits per heavy atom. The number of aliphatic hydroxyl groups excluding tert-OH is 1. The lowest BCUT2D eigenvalue weighted by Crippen LogP contribution is -2.34. The molecule has 0 aliphatic heterocycles. The molecule has 0 amide bonds. The van der Waals surface area contributed by atoms with Gasteiger partial charge in [-0.25, -0.2) is 0 Å². The van der Waals surface area contributed by atoms with Crippen LogP contribution in [0.15, 0.2) is 48.5 Å². The van der Waals surface area contributed by atoms with Crippen molar-refractivity contribution in [2.75, 3.05) is 27.8 Å². The van der Waals surface area contributed by atoms with Gasteiger partial charge in [-0.2, -0.15) is 0 Å². The maximum Gasteiger partial charge on any atom is 0.160 e. The lowest BCUT2D eigenvalue weighted by molar-refractivity contribution is 0.108. The van der Waals surface area contributed by atoms with Crippen molar-refractivity contribution in [3.8, 4) is 11.5 Å². The molecule has 0 saturated carbocycles.